The zero-order valence-electron chi connectivity index (χ0n) is 11.8. The van der Waals surface area contributed by atoms with Crippen LogP contribution in [0.1, 0.15) is 24.2 Å². The standard InChI is InChI=1S/C13H20N4O3/c1-8(2)11(7-14)16-10-6-9(13(18)15-3)4-5-12(10)17(19)20/h4-6,8,11,16H,7,14H2,1-3H3,(H,15,18). The summed E-state index contributed by atoms with van der Waals surface area (Å²) in [4.78, 5) is 22.2. The van der Waals surface area contributed by atoms with Crippen molar-refractivity contribution in [3.8, 4) is 0 Å². The zero-order valence-corrected chi connectivity index (χ0v) is 11.8. The van der Waals surface area contributed by atoms with Gasteiger partial charge in [-0.1, -0.05) is 13.8 Å². The number of amides is 1. The average Bonchev–Trinajstić information content (AvgIpc) is 2.42. The van der Waals surface area contributed by atoms with E-state index in [-0.39, 0.29) is 23.6 Å². The number of nitro groups is 1. The number of nitrogens with two attached hydrogens (primary N) is 1. The molecule has 7 nitrogen and oxygen atoms in total. The Bertz CT molecular complexity index is 502. The molecule has 0 bridgehead atoms. The summed E-state index contributed by atoms with van der Waals surface area (Å²) in [5, 5.41) is 16.6. The summed E-state index contributed by atoms with van der Waals surface area (Å²) in [7, 11) is 1.51. The minimum absolute atomic E-state index is 0.0725. The molecule has 0 saturated carbocycles. The Hall–Kier alpha value is -2.15. The predicted molar refractivity (Wildman–Crippen MR) is 77.8 cm³/mol. The van der Waals surface area contributed by atoms with Crippen LogP contribution in [0.15, 0.2) is 18.2 Å². The van der Waals surface area contributed by atoms with E-state index in [1.807, 2.05) is 13.8 Å². The predicted octanol–water partition coefficient (Wildman–Crippen LogP) is 1.35. The second-order valence-electron chi connectivity index (χ2n) is 4.80. The van der Waals surface area contributed by atoms with Crippen molar-refractivity contribution >= 4 is 17.3 Å². The van der Waals surface area contributed by atoms with Gasteiger partial charge in [-0.05, 0) is 18.1 Å². The number of carbonyl (C=O) groups excluding carboxylic acids is 1. The van der Waals surface area contributed by atoms with Gasteiger partial charge < -0.3 is 16.4 Å². The van der Waals surface area contributed by atoms with E-state index in [0.29, 0.717) is 17.8 Å². The molecule has 1 rings (SSSR count). The Morgan fingerprint density at radius 3 is 2.55 bits per heavy atom. The molecular weight excluding hydrogens is 260 g/mol. The van der Waals surface area contributed by atoms with Gasteiger partial charge in [0.25, 0.3) is 11.6 Å². The fourth-order valence-corrected chi connectivity index (χ4v) is 1.79. The molecule has 0 saturated heterocycles. The number of rotatable bonds is 6. The molecule has 0 aliphatic heterocycles. The van der Waals surface area contributed by atoms with Crippen molar-refractivity contribution < 1.29 is 9.72 Å². The summed E-state index contributed by atoms with van der Waals surface area (Å²) >= 11 is 0. The molecule has 1 atom stereocenters. The van der Waals surface area contributed by atoms with Gasteiger partial charge in [-0.3, -0.25) is 14.9 Å². The van der Waals surface area contributed by atoms with Crippen LogP contribution in [0.2, 0.25) is 0 Å². The normalized spacial score (nSPS) is 12.1. The first-order chi connectivity index (χ1) is 9.40. The van der Waals surface area contributed by atoms with Crippen molar-refractivity contribution in [3.63, 3.8) is 0 Å². The van der Waals surface area contributed by atoms with Crippen LogP contribution in [0.25, 0.3) is 0 Å². The smallest absolute Gasteiger partial charge is 0.292 e. The molecule has 110 valence electrons. The maximum absolute atomic E-state index is 11.6. The Balaban J connectivity index is 3.18. The molecule has 4 N–H and O–H groups in total. The number of nitrogens with one attached hydrogen (secondary N) is 2. The van der Waals surface area contributed by atoms with Crippen molar-refractivity contribution in [2.45, 2.75) is 19.9 Å². The lowest BCUT2D eigenvalue weighted by Crippen LogP contribution is -2.34. The minimum atomic E-state index is -0.482. The lowest BCUT2D eigenvalue weighted by molar-refractivity contribution is -0.384. The Labute approximate surface area is 117 Å². The first kappa shape index (κ1) is 15.9. The van der Waals surface area contributed by atoms with Gasteiger partial charge in [0.05, 0.1) is 4.92 Å². The lowest BCUT2D eigenvalue weighted by Gasteiger charge is -2.21. The molecule has 0 fully saturated rings. The van der Waals surface area contributed by atoms with Gasteiger partial charge in [0.2, 0.25) is 0 Å². The Kier molecular flexibility index (Phi) is 5.45. The third-order valence-corrected chi connectivity index (χ3v) is 3.08. The second-order valence-corrected chi connectivity index (χ2v) is 4.80. The van der Waals surface area contributed by atoms with E-state index in [0.717, 1.165) is 0 Å². The lowest BCUT2D eigenvalue weighted by atomic mass is 10.0. The highest BCUT2D eigenvalue weighted by atomic mass is 16.6. The number of anilines is 1. The molecule has 0 aliphatic carbocycles. The van der Waals surface area contributed by atoms with Gasteiger partial charge >= 0.3 is 0 Å². The number of benzene rings is 1. The number of nitro benzene ring substituents is 1. The highest BCUT2D eigenvalue weighted by molar-refractivity contribution is 5.95. The Morgan fingerprint density at radius 1 is 1.45 bits per heavy atom. The van der Waals surface area contributed by atoms with Gasteiger partial charge in [-0.2, -0.15) is 0 Å². The van der Waals surface area contributed by atoms with Crippen LogP contribution in [0, 0.1) is 16.0 Å². The molecule has 0 aromatic heterocycles. The van der Waals surface area contributed by atoms with Crippen LogP contribution >= 0.6 is 0 Å². The van der Waals surface area contributed by atoms with E-state index in [1.54, 1.807) is 0 Å². The van der Waals surface area contributed by atoms with E-state index in [4.69, 9.17) is 5.73 Å². The van der Waals surface area contributed by atoms with E-state index < -0.39 is 4.92 Å². The number of hydrogen-bond acceptors (Lipinski definition) is 5. The van der Waals surface area contributed by atoms with Gasteiger partial charge in [0.1, 0.15) is 5.69 Å². The molecule has 1 unspecified atom stereocenters. The summed E-state index contributed by atoms with van der Waals surface area (Å²) < 4.78 is 0. The fourth-order valence-electron chi connectivity index (χ4n) is 1.79. The van der Waals surface area contributed by atoms with Crippen LogP contribution in [-0.4, -0.2) is 30.5 Å². The SMILES string of the molecule is CNC(=O)c1ccc([N+](=O)[O-])c(NC(CN)C(C)C)c1. The summed E-state index contributed by atoms with van der Waals surface area (Å²) in [5.41, 5.74) is 6.25. The number of carbonyl (C=O) groups is 1. The van der Waals surface area contributed by atoms with Crippen molar-refractivity contribution in [3.05, 3.63) is 33.9 Å². The summed E-state index contributed by atoms with van der Waals surface area (Å²) in [6, 6.07) is 4.12. The maximum atomic E-state index is 11.6. The van der Waals surface area contributed by atoms with Crippen molar-refractivity contribution in [1.82, 2.24) is 5.32 Å². The fraction of sp³-hybridized carbons (Fsp3) is 0.462. The molecule has 1 aromatic rings. The maximum Gasteiger partial charge on any atom is 0.292 e. The summed E-state index contributed by atoms with van der Waals surface area (Å²) in [5.74, 6) is -0.0833. The second kappa shape index (κ2) is 6.85. The highest BCUT2D eigenvalue weighted by Gasteiger charge is 2.20. The molecule has 0 heterocycles. The third kappa shape index (κ3) is 3.67. The molecule has 1 amide bonds. The van der Waals surface area contributed by atoms with Gasteiger partial charge in [-0.25, -0.2) is 0 Å². The highest BCUT2D eigenvalue weighted by Crippen LogP contribution is 2.27. The number of hydrogen-bond donors (Lipinski definition) is 3. The molecular formula is C13H20N4O3. The molecule has 7 heteroatoms. The molecule has 0 spiro atoms. The molecule has 1 aromatic carbocycles. The van der Waals surface area contributed by atoms with Gasteiger partial charge in [-0.15, -0.1) is 0 Å². The summed E-state index contributed by atoms with van der Waals surface area (Å²) in [6.45, 7) is 4.29. The molecule has 20 heavy (non-hydrogen) atoms. The van der Waals surface area contributed by atoms with Crippen molar-refractivity contribution in [1.29, 1.82) is 0 Å². The first-order valence-electron chi connectivity index (χ1n) is 6.37. The monoisotopic (exact) mass is 280 g/mol. The van der Waals surface area contributed by atoms with Gasteiger partial charge in [0, 0.05) is 31.3 Å². The zero-order chi connectivity index (χ0) is 15.3. The van der Waals surface area contributed by atoms with Crippen LogP contribution in [0.5, 0.6) is 0 Å². The largest absolute Gasteiger partial charge is 0.375 e. The van der Waals surface area contributed by atoms with Crippen molar-refractivity contribution in [2.75, 3.05) is 18.9 Å². The van der Waals surface area contributed by atoms with E-state index in [1.165, 1.54) is 25.2 Å². The van der Waals surface area contributed by atoms with Crippen LogP contribution in [0.4, 0.5) is 11.4 Å². The molecule has 0 aliphatic rings. The Morgan fingerprint density at radius 2 is 2.10 bits per heavy atom. The molecule has 0 radical (unpaired) electrons. The first-order valence-corrected chi connectivity index (χ1v) is 6.37. The van der Waals surface area contributed by atoms with E-state index in [9.17, 15) is 14.9 Å². The minimum Gasteiger partial charge on any atom is -0.375 e. The third-order valence-electron chi connectivity index (χ3n) is 3.08. The van der Waals surface area contributed by atoms with E-state index in [2.05, 4.69) is 10.6 Å². The quantitative estimate of drug-likeness (QED) is 0.538. The van der Waals surface area contributed by atoms with Crippen LogP contribution in [-0.2, 0) is 0 Å². The van der Waals surface area contributed by atoms with Gasteiger partial charge in [0.15, 0.2) is 0 Å². The van der Waals surface area contributed by atoms with Crippen LogP contribution in [0.3, 0.4) is 0 Å². The summed E-state index contributed by atoms with van der Waals surface area (Å²) in [6.07, 6.45) is 0. The van der Waals surface area contributed by atoms with Crippen LogP contribution < -0.4 is 16.4 Å². The van der Waals surface area contributed by atoms with Crippen molar-refractivity contribution in [2.24, 2.45) is 11.7 Å². The topological polar surface area (TPSA) is 110 Å². The average molecular weight is 280 g/mol. The van der Waals surface area contributed by atoms with E-state index >= 15 is 0 Å². The number of nitrogens with zero attached hydrogens (tertiary/aromatic N) is 1.